The summed E-state index contributed by atoms with van der Waals surface area (Å²) in [5.74, 6) is 0.971. The highest BCUT2D eigenvalue weighted by molar-refractivity contribution is 7.89. The van der Waals surface area contributed by atoms with E-state index in [-0.39, 0.29) is 6.04 Å². The Kier molecular flexibility index (Phi) is 5.69. The van der Waals surface area contributed by atoms with Crippen LogP contribution in [0.25, 0.3) is 0 Å². The Morgan fingerprint density at radius 2 is 1.64 bits per heavy atom. The summed E-state index contributed by atoms with van der Waals surface area (Å²) in [7, 11) is -3.54. The first-order chi connectivity index (χ1) is 13.6. The van der Waals surface area contributed by atoms with E-state index in [1.54, 1.807) is 16.4 Å². The summed E-state index contributed by atoms with van der Waals surface area (Å²) < 4.78 is 28.6. The van der Waals surface area contributed by atoms with Crippen LogP contribution >= 0.6 is 0 Å². The van der Waals surface area contributed by atoms with Crippen LogP contribution < -0.4 is 4.90 Å². The highest BCUT2D eigenvalue weighted by Gasteiger charge is 2.36. The van der Waals surface area contributed by atoms with Gasteiger partial charge in [-0.05, 0) is 57.2 Å². The Balaban J connectivity index is 1.71. The minimum atomic E-state index is -3.54. The van der Waals surface area contributed by atoms with E-state index in [0.29, 0.717) is 11.4 Å². The van der Waals surface area contributed by atoms with E-state index in [9.17, 15) is 8.42 Å². The van der Waals surface area contributed by atoms with Crippen molar-refractivity contribution in [3.63, 3.8) is 0 Å². The molecule has 0 N–H and O–H groups in total. The summed E-state index contributed by atoms with van der Waals surface area (Å²) in [5, 5.41) is 0. The molecule has 3 heterocycles. The van der Waals surface area contributed by atoms with Gasteiger partial charge in [-0.1, -0.05) is 30.2 Å². The van der Waals surface area contributed by atoms with Crippen molar-refractivity contribution in [3.05, 3.63) is 53.7 Å². The molecule has 1 aromatic carbocycles. The number of sulfonamides is 1. The molecule has 0 radical (unpaired) electrons. The molecule has 5 nitrogen and oxygen atoms in total. The molecule has 28 heavy (non-hydrogen) atoms. The molecule has 1 unspecified atom stereocenters. The van der Waals surface area contributed by atoms with Crippen molar-refractivity contribution >= 4 is 15.8 Å². The third-order valence-electron chi connectivity index (χ3n) is 5.91. The Labute approximate surface area is 168 Å². The van der Waals surface area contributed by atoms with Crippen molar-refractivity contribution in [1.82, 2.24) is 9.29 Å². The van der Waals surface area contributed by atoms with Crippen LogP contribution in [0.3, 0.4) is 0 Å². The van der Waals surface area contributed by atoms with Crippen molar-refractivity contribution < 1.29 is 8.42 Å². The molecule has 2 aliphatic rings. The maximum atomic E-state index is 13.5. The number of anilines is 1. The predicted molar refractivity (Wildman–Crippen MR) is 112 cm³/mol. The number of aryl methyl sites for hydroxylation is 1. The van der Waals surface area contributed by atoms with Crippen LogP contribution in [0.1, 0.15) is 55.7 Å². The molecule has 0 amide bonds. The van der Waals surface area contributed by atoms with E-state index in [1.165, 1.54) is 19.3 Å². The quantitative estimate of drug-likeness (QED) is 0.769. The fourth-order valence-corrected chi connectivity index (χ4v) is 6.06. The molecule has 0 spiro atoms. The number of pyridine rings is 1. The summed E-state index contributed by atoms with van der Waals surface area (Å²) in [6.45, 7) is 4.54. The second kappa shape index (κ2) is 8.21. The van der Waals surface area contributed by atoms with Gasteiger partial charge in [-0.3, -0.25) is 0 Å². The Morgan fingerprint density at radius 1 is 0.929 bits per heavy atom. The first-order valence-electron chi connectivity index (χ1n) is 10.4. The van der Waals surface area contributed by atoms with Crippen molar-refractivity contribution in [1.29, 1.82) is 0 Å². The molecule has 2 fully saturated rings. The number of piperidine rings is 2. The van der Waals surface area contributed by atoms with Gasteiger partial charge in [-0.2, -0.15) is 4.31 Å². The largest absolute Gasteiger partial charge is 0.356 e. The maximum Gasteiger partial charge on any atom is 0.243 e. The van der Waals surface area contributed by atoms with Gasteiger partial charge in [0.2, 0.25) is 10.0 Å². The van der Waals surface area contributed by atoms with Gasteiger partial charge in [0.05, 0.1) is 10.9 Å². The molecule has 0 bridgehead atoms. The molecule has 2 aliphatic heterocycles. The summed E-state index contributed by atoms with van der Waals surface area (Å²) in [6.07, 6.45) is 8.22. The number of nitrogens with zero attached hydrogens (tertiary/aromatic N) is 3. The van der Waals surface area contributed by atoms with Crippen LogP contribution in [0.15, 0.2) is 47.5 Å². The minimum absolute atomic E-state index is 0.148. The van der Waals surface area contributed by atoms with Crippen LogP contribution in [0.2, 0.25) is 0 Å². The average Bonchev–Trinajstić information content (AvgIpc) is 2.75. The highest BCUT2D eigenvalue weighted by Crippen LogP contribution is 2.39. The van der Waals surface area contributed by atoms with Crippen LogP contribution in [-0.4, -0.2) is 37.3 Å². The topological polar surface area (TPSA) is 53.5 Å². The van der Waals surface area contributed by atoms with Gasteiger partial charge in [0.15, 0.2) is 0 Å². The van der Waals surface area contributed by atoms with Crippen LogP contribution in [0.5, 0.6) is 0 Å². The second-order valence-corrected chi connectivity index (χ2v) is 9.79. The molecule has 6 heteroatoms. The highest BCUT2D eigenvalue weighted by atomic mass is 32.2. The van der Waals surface area contributed by atoms with Crippen molar-refractivity contribution in [2.75, 3.05) is 24.5 Å². The third-order valence-corrected chi connectivity index (χ3v) is 7.84. The van der Waals surface area contributed by atoms with Gasteiger partial charge in [0.25, 0.3) is 0 Å². The normalized spacial score (nSPS) is 21.6. The molecule has 1 atom stereocenters. The zero-order valence-electron chi connectivity index (χ0n) is 16.5. The summed E-state index contributed by atoms with van der Waals surface area (Å²) >= 11 is 0. The SMILES string of the molecule is Cc1ccc(S(=O)(=O)N2CCCCC2c2cccnc2N2CCCCC2)cc1. The summed E-state index contributed by atoms with van der Waals surface area (Å²) in [4.78, 5) is 7.40. The van der Waals surface area contributed by atoms with Gasteiger partial charge in [0, 0.05) is 31.4 Å². The smallest absolute Gasteiger partial charge is 0.243 e. The second-order valence-electron chi connectivity index (χ2n) is 7.90. The zero-order valence-corrected chi connectivity index (χ0v) is 17.4. The molecule has 0 saturated carbocycles. The summed E-state index contributed by atoms with van der Waals surface area (Å²) in [5.41, 5.74) is 2.12. The number of benzene rings is 1. The lowest BCUT2D eigenvalue weighted by Crippen LogP contribution is -2.40. The van der Waals surface area contributed by atoms with Crippen LogP contribution in [0, 0.1) is 6.92 Å². The monoisotopic (exact) mass is 399 g/mol. The zero-order chi connectivity index (χ0) is 19.6. The number of rotatable bonds is 4. The molecular formula is C22H29N3O2S. The standard InChI is InChI=1S/C22H29N3O2S/c1-18-10-12-19(13-11-18)28(26,27)25-17-6-3-9-21(25)20-8-7-14-23-22(20)24-15-4-2-5-16-24/h7-8,10-14,21H,2-6,9,15-17H2,1H3. The third kappa shape index (κ3) is 3.80. The molecule has 1 aromatic heterocycles. The average molecular weight is 400 g/mol. The molecule has 2 aromatic rings. The fourth-order valence-electron chi connectivity index (χ4n) is 4.39. The van der Waals surface area contributed by atoms with Gasteiger partial charge < -0.3 is 4.90 Å². The van der Waals surface area contributed by atoms with E-state index in [1.807, 2.05) is 31.3 Å². The first-order valence-corrected chi connectivity index (χ1v) is 11.8. The molecule has 150 valence electrons. The number of hydrogen-bond donors (Lipinski definition) is 0. The summed E-state index contributed by atoms with van der Waals surface area (Å²) in [6, 6.07) is 11.1. The lowest BCUT2D eigenvalue weighted by molar-refractivity contribution is 0.255. The lowest BCUT2D eigenvalue weighted by Gasteiger charge is -2.37. The molecule has 0 aliphatic carbocycles. The fraction of sp³-hybridized carbons (Fsp3) is 0.500. The number of aromatic nitrogens is 1. The predicted octanol–water partition coefficient (Wildman–Crippen LogP) is 4.30. The Hall–Kier alpha value is -1.92. The van der Waals surface area contributed by atoms with Crippen LogP contribution in [-0.2, 0) is 10.0 Å². The van der Waals surface area contributed by atoms with Gasteiger partial charge >= 0.3 is 0 Å². The van der Waals surface area contributed by atoms with E-state index in [4.69, 9.17) is 0 Å². The molecular weight excluding hydrogens is 370 g/mol. The van der Waals surface area contributed by atoms with Crippen molar-refractivity contribution in [2.24, 2.45) is 0 Å². The van der Waals surface area contributed by atoms with Crippen molar-refractivity contribution in [2.45, 2.75) is 56.4 Å². The molecule has 2 saturated heterocycles. The van der Waals surface area contributed by atoms with Gasteiger partial charge in [-0.15, -0.1) is 0 Å². The van der Waals surface area contributed by atoms with Crippen molar-refractivity contribution in [3.8, 4) is 0 Å². The van der Waals surface area contributed by atoms with E-state index >= 15 is 0 Å². The Morgan fingerprint density at radius 3 is 2.39 bits per heavy atom. The minimum Gasteiger partial charge on any atom is -0.356 e. The molecule has 4 rings (SSSR count). The maximum absolute atomic E-state index is 13.5. The van der Waals surface area contributed by atoms with E-state index in [2.05, 4.69) is 16.0 Å². The van der Waals surface area contributed by atoms with E-state index < -0.39 is 10.0 Å². The Bertz CT molecular complexity index is 906. The first kappa shape index (κ1) is 19.4. The van der Waals surface area contributed by atoms with E-state index in [0.717, 1.165) is 49.3 Å². The lowest BCUT2D eigenvalue weighted by atomic mass is 9.97. The van der Waals surface area contributed by atoms with Gasteiger partial charge in [0.1, 0.15) is 5.82 Å². The number of hydrogen-bond acceptors (Lipinski definition) is 4. The van der Waals surface area contributed by atoms with Crippen LogP contribution in [0.4, 0.5) is 5.82 Å². The van der Waals surface area contributed by atoms with Gasteiger partial charge in [-0.25, -0.2) is 13.4 Å².